The normalized spacial score (nSPS) is 10.9. The first-order valence-corrected chi connectivity index (χ1v) is 6.13. The number of pyridine rings is 1. The molecule has 3 aromatic rings. The summed E-state index contributed by atoms with van der Waals surface area (Å²) in [6, 6.07) is 9.07. The smallest absolute Gasteiger partial charge is 0.281 e. The number of fused-ring (bicyclic) bond motifs is 1. The van der Waals surface area contributed by atoms with Gasteiger partial charge in [-0.3, -0.25) is 14.7 Å². The summed E-state index contributed by atoms with van der Waals surface area (Å²) in [7, 11) is 0. The van der Waals surface area contributed by atoms with Crippen molar-refractivity contribution in [2.24, 2.45) is 0 Å². The average molecular weight is 268 g/mol. The van der Waals surface area contributed by atoms with Gasteiger partial charge in [-0.05, 0) is 37.6 Å². The molecule has 2 heterocycles. The predicted molar refractivity (Wildman–Crippen MR) is 75.0 cm³/mol. The number of aromatic nitrogens is 3. The van der Waals surface area contributed by atoms with E-state index in [-0.39, 0.29) is 5.69 Å². The van der Waals surface area contributed by atoms with Crippen LogP contribution in [-0.4, -0.2) is 19.5 Å². The third-order valence-corrected chi connectivity index (χ3v) is 3.15. The molecule has 100 valence electrons. The molecule has 0 aliphatic heterocycles. The second-order valence-electron chi connectivity index (χ2n) is 4.62. The lowest BCUT2D eigenvalue weighted by molar-refractivity contribution is -0.385. The Morgan fingerprint density at radius 2 is 2.00 bits per heavy atom. The van der Waals surface area contributed by atoms with Crippen LogP contribution in [0.2, 0.25) is 0 Å². The van der Waals surface area contributed by atoms with E-state index in [1.807, 2.05) is 36.6 Å². The highest BCUT2D eigenvalue weighted by Crippen LogP contribution is 2.22. The molecule has 0 amide bonds. The minimum atomic E-state index is -0.459. The molecule has 0 bridgehead atoms. The van der Waals surface area contributed by atoms with Crippen molar-refractivity contribution in [1.82, 2.24) is 14.5 Å². The lowest BCUT2D eigenvalue weighted by Gasteiger charge is -2.05. The van der Waals surface area contributed by atoms with E-state index in [9.17, 15) is 10.1 Å². The van der Waals surface area contributed by atoms with E-state index in [0.29, 0.717) is 5.82 Å². The Balaban J connectivity index is 2.18. The summed E-state index contributed by atoms with van der Waals surface area (Å²) in [5.74, 6) is 1.42. The number of aryl methyl sites for hydroxylation is 2. The van der Waals surface area contributed by atoms with Crippen LogP contribution in [0.4, 0.5) is 5.69 Å². The number of nitro groups is 1. The Morgan fingerprint density at radius 3 is 2.65 bits per heavy atom. The van der Waals surface area contributed by atoms with Crippen LogP contribution in [0.25, 0.3) is 16.9 Å². The van der Waals surface area contributed by atoms with Gasteiger partial charge in [-0.25, -0.2) is 9.97 Å². The van der Waals surface area contributed by atoms with E-state index in [1.165, 1.54) is 12.3 Å². The molecule has 0 aliphatic rings. The lowest BCUT2D eigenvalue weighted by Crippen LogP contribution is -2.00. The van der Waals surface area contributed by atoms with Crippen LogP contribution < -0.4 is 0 Å². The Hall–Kier alpha value is -2.76. The van der Waals surface area contributed by atoms with Crippen molar-refractivity contribution < 1.29 is 4.92 Å². The topological polar surface area (TPSA) is 73.8 Å². The van der Waals surface area contributed by atoms with Gasteiger partial charge in [0.1, 0.15) is 17.8 Å². The van der Waals surface area contributed by atoms with Crippen LogP contribution in [0, 0.1) is 24.0 Å². The van der Waals surface area contributed by atoms with Gasteiger partial charge in [0.2, 0.25) is 0 Å². The molecule has 20 heavy (non-hydrogen) atoms. The van der Waals surface area contributed by atoms with Gasteiger partial charge in [0.05, 0.1) is 16.0 Å². The van der Waals surface area contributed by atoms with Crippen molar-refractivity contribution in [3.05, 3.63) is 58.0 Å². The summed E-state index contributed by atoms with van der Waals surface area (Å²) in [6.07, 6.45) is 1.26. The van der Waals surface area contributed by atoms with Crippen molar-refractivity contribution in [3.63, 3.8) is 0 Å². The number of nitrogens with zero attached hydrogens (tertiary/aromatic N) is 4. The van der Waals surface area contributed by atoms with Crippen molar-refractivity contribution in [2.45, 2.75) is 13.8 Å². The molecule has 0 aliphatic carbocycles. The molecule has 1 aromatic carbocycles. The fourth-order valence-corrected chi connectivity index (χ4v) is 2.22. The molecule has 0 fully saturated rings. The van der Waals surface area contributed by atoms with E-state index in [0.717, 1.165) is 22.4 Å². The molecule has 0 N–H and O–H groups in total. The van der Waals surface area contributed by atoms with Crippen molar-refractivity contribution in [2.75, 3.05) is 0 Å². The van der Waals surface area contributed by atoms with Crippen LogP contribution in [0.1, 0.15) is 11.4 Å². The number of rotatable bonds is 2. The number of hydrogen-bond acceptors (Lipinski definition) is 4. The zero-order valence-corrected chi connectivity index (χ0v) is 11.1. The van der Waals surface area contributed by atoms with E-state index in [4.69, 9.17) is 0 Å². The highest BCUT2D eigenvalue weighted by Gasteiger charge is 2.12. The molecule has 6 heteroatoms. The van der Waals surface area contributed by atoms with Gasteiger partial charge in [-0.1, -0.05) is 6.07 Å². The van der Waals surface area contributed by atoms with Crippen LogP contribution in [-0.2, 0) is 0 Å². The van der Waals surface area contributed by atoms with Crippen LogP contribution in [0.15, 0.2) is 36.5 Å². The molecule has 0 saturated carbocycles. The maximum absolute atomic E-state index is 10.7. The van der Waals surface area contributed by atoms with Gasteiger partial charge in [-0.15, -0.1) is 0 Å². The zero-order valence-electron chi connectivity index (χ0n) is 11.1. The molecular weight excluding hydrogens is 256 g/mol. The van der Waals surface area contributed by atoms with Gasteiger partial charge < -0.3 is 0 Å². The Bertz CT molecular complexity index is 806. The van der Waals surface area contributed by atoms with E-state index in [1.54, 1.807) is 6.07 Å². The molecule has 6 nitrogen and oxygen atoms in total. The first kappa shape index (κ1) is 12.3. The first-order valence-electron chi connectivity index (χ1n) is 6.13. The molecule has 0 atom stereocenters. The van der Waals surface area contributed by atoms with Crippen LogP contribution >= 0.6 is 0 Å². The Kier molecular flexibility index (Phi) is 2.71. The SMILES string of the molecule is Cc1ccc2c(c1)nc(C)n2-c1ccc([N+](=O)[O-])cn1. The maximum Gasteiger partial charge on any atom is 0.287 e. The highest BCUT2D eigenvalue weighted by molar-refractivity contribution is 5.78. The summed E-state index contributed by atoms with van der Waals surface area (Å²) in [5, 5.41) is 10.7. The molecule has 2 aromatic heterocycles. The number of hydrogen-bond donors (Lipinski definition) is 0. The van der Waals surface area contributed by atoms with Gasteiger partial charge in [0, 0.05) is 6.07 Å². The standard InChI is InChI=1S/C14H12N4O2/c1-9-3-5-13-12(7-9)16-10(2)17(13)14-6-4-11(8-15-14)18(19)20/h3-8H,1-2H3. The Labute approximate surface area is 114 Å². The minimum absolute atomic E-state index is 0.0216. The van der Waals surface area contributed by atoms with Crippen molar-refractivity contribution in [1.29, 1.82) is 0 Å². The summed E-state index contributed by atoms with van der Waals surface area (Å²) in [5.41, 5.74) is 2.95. The van der Waals surface area contributed by atoms with E-state index in [2.05, 4.69) is 9.97 Å². The number of benzene rings is 1. The average Bonchev–Trinajstić information content (AvgIpc) is 2.73. The Morgan fingerprint density at radius 1 is 1.20 bits per heavy atom. The quantitative estimate of drug-likeness (QED) is 0.529. The second-order valence-corrected chi connectivity index (χ2v) is 4.62. The van der Waals surface area contributed by atoms with Crippen LogP contribution in [0.5, 0.6) is 0 Å². The fourth-order valence-electron chi connectivity index (χ4n) is 2.22. The highest BCUT2D eigenvalue weighted by atomic mass is 16.6. The second kappa shape index (κ2) is 4.41. The van der Waals surface area contributed by atoms with Gasteiger partial charge in [0.25, 0.3) is 5.69 Å². The molecule has 0 unspecified atom stereocenters. The monoisotopic (exact) mass is 268 g/mol. The largest absolute Gasteiger partial charge is 0.287 e. The molecule has 0 radical (unpaired) electrons. The summed E-state index contributed by atoms with van der Waals surface area (Å²) >= 11 is 0. The zero-order chi connectivity index (χ0) is 14.3. The molecular formula is C14H12N4O2. The van der Waals surface area contributed by atoms with E-state index < -0.39 is 4.92 Å². The summed E-state index contributed by atoms with van der Waals surface area (Å²) in [6.45, 7) is 3.90. The molecule has 0 spiro atoms. The van der Waals surface area contributed by atoms with Crippen molar-refractivity contribution >= 4 is 16.7 Å². The third kappa shape index (κ3) is 1.91. The predicted octanol–water partition coefficient (Wildman–Crippen LogP) is 2.95. The summed E-state index contributed by atoms with van der Waals surface area (Å²) < 4.78 is 1.89. The van der Waals surface area contributed by atoms with Gasteiger partial charge in [0.15, 0.2) is 0 Å². The molecule has 0 saturated heterocycles. The first-order chi connectivity index (χ1) is 9.56. The van der Waals surface area contributed by atoms with Gasteiger partial charge in [-0.2, -0.15) is 0 Å². The van der Waals surface area contributed by atoms with Gasteiger partial charge >= 0.3 is 0 Å². The third-order valence-electron chi connectivity index (χ3n) is 3.15. The maximum atomic E-state index is 10.7. The van der Waals surface area contributed by atoms with E-state index >= 15 is 0 Å². The minimum Gasteiger partial charge on any atom is -0.281 e. The van der Waals surface area contributed by atoms with Crippen LogP contribution in [0.3, 0.4) is 0 Å². The number of imidazole rings is 1. The van der Waals surface area contributed by atoms with Crippen molar-refractivity contribution in [3.8, 4) is 5.82 Å². The summed E-state index contributed by atoms with van der Waals surface area (Å²) in [4.78, 5) is 18.9. The fraction of sp³-hybridized carbons (Fsp3) is 0.143. The lowest BCUT2D eigenvalue weighted by atomic mass is 10.2. The molecule has 3 rings (SSSR count).